The molecule has 0 aliphatic rings. The Morgan fingerprint density at radius 3 is 2.44 bits per heavy atom. The van der Waals surface area contributed by atoms with Crippen LogP contribution < -0.4 is 4.57 Å². The van der Waals surface area contributed by atoms with Crippen LogP contribution in [0.5, 0.6) is 0 Å². The van der Waals surface area contributed by atoms with E-state index in [0.29, 0.717) is 11.6 Å². The number of carbonyl (C=O) groups is 1. The number of fused-ring (bicyclic) bond motifs is 1. The minimum atomic E-state index is 0.101. The van der Waals surface area contributed by atoms with Crippen molar-refractivity contribution < 1.29 is 9.36 Å². The van der Waals surface area contributed by atoms with E-state index in [9.17, 15) is 4.79 Å². The number of halogens is 1. The zero-order valence-corrected chi connectivity index (χ0v) is 16.1. The van der Waals surface area contributed by atoms with Crippen molar-refractivity contribution in [1.29, 1.82) is 0 Å². The Labute approximate surface area is 163 Å². The molecule has 4 rings (SSSR count). The topological polar surface area (TPSA) is 25.9 Å². The number of hydrogen-bond acceptors (Lipinski definition) is 1. The molecule has 2 aromatic heterocycles. The van der Waals surface area contributed by atoms with Gasteiger partial charge in [-0.3, -0.25) is 4.79 Å². The maximum Gasteiger partial charge on any atom is 0.229 e. The summed E-state index contributed by atoms with van der Waals surface area (Å²) in [5, 5.41) is 2.99. The summed E-state index contributed by atoms with van der Waals surface area (Å²) in [4.78, 5) is 13.0. The van der Waals surface area contributed by atoms with Crippen molar-refractivity contribution >= 4 is 28.2 Å². The summed E-state index contributed by atoms with van der Waals surface area (Å²) in [6, 6.07) is 19.8. The first-order valence-corrected chi connectivity index (χ1v) is 9.26. The third-order valence-corrected chi connectivity index (χ3v) is 5.14. The maximum absolute atomic E-state index is 13.0. The first-order chi connectivity index (χ1) is 13.0. The summed E-state index contributed by atoms with van der Waals surface area (Å²) >= 11 is 6.00. The van der Waals surface area contributed by atoms with Crippen LogP contribution in [0.3, 0.4) is 0 Å². The lowest BCUT2D eigenvalue weighted by molar-refractivity contribution is -0.681. The molecule has 0 atom stereocenters. The molecule has 0 spiro atoms. The highest BCUT2D eigenvalue weighted by atomic mass is 35.5. The van der Waals surface area contributed by atoms with Crippen molar-refractivity contribution in [3.8, 4) is 5.69 Å². The molecule has 3 nitrogen and oxygen atoms in total. The van der Waals surface area contributed by atoms with Crippen LogP contribution in [0.15, 0.2) is 73.1 Å². The second-order valence-corrected chi connectivity index (χ2v) is 7.20. The Bertz CT molecular complexity index is 1140. The minimum Gasteiger partial charge on any atom is -0.318 e. The van der Waals surface area contributed by atoms with Crippen LogP contribution >= 0.6 is 11.6 Å². The molecule has 0 saturated heterocycles. The Kier molecular flexibility index (Phi) is 4.54. The van der Waals surface area contributed by atoms with E-state index in [1.165, 1.54) is 5.39 Å². The first-order valence-electron chi connectivity index (χ1n) is 8.89. The molecule has 27 heavy (non-hydrogen) atoms. The number of nitrogens with zero attached hydrogens (tertiary/aromatic N) is 2. The van der Waals surface area contributed by atoms with E-state index >= 15 is 0 Å². The predicted octanol–water partition coefficient (Wildman–Crippen LogP) is 5.07. The molecule has 0 saturated carbocycles. The second-order valence-electron chi connectivity index (χ2n) is 6.77. The van der Waals surface area contributed by atoms with E-state index < -0.39 is 0 Å². The molecule has 4 aromatic rings. The fourth-order valence-electron chi connectivity index (χ4n) is 3.56. The van der Waals surface area contributed by atoms with Gasteiger partial charge in [-0.2, -0.15) is 4.57 Å². The zero-order chi connectivity index (χ0) is 19.0. The Hall–Kier alpha value is -2.91. The lowest BCUT2D eigenvalue weighted by Crippen LogP contribution is -2.37. The molecule has 0 radical (unpaired) electrons. The van der Waals surface area contributed by atoms with Crippen molar-refractivity contribution in [2.75, 3.05) is 0 Å². The van der Waals surface area contributed by atoms with Crippen LogP contribution in [0.1, 0.15) is 21.7 Å². The van der Waals surface area contributed by atoms with Crippen molar-refractivity contribution in [3.63, 3.8) is 0 Å². The smallest absolute Gasteiger partial charge is 0.229 e. The van der Waals surface area contributed by atoms with E-state index in [2.05, 4.69) is 16.7 Å². The van der Waals surface area contributed by atoms with Crippen molar-refractivity contribution in [3.05, 3.63) is 95.0 Å². The average Bonchev–Trinajstić information content (AvgIpc) is 2.97. The predicted molar refractivity (Wildman–Crippen MR) is 109 cm³/mol. The average molecular weight is 376 g/mol. The number of rotatable bonds is 4. The van der Waals surface area contributed by atoms with Crippen LogP contribution in [0.4, 0.5) is 0 Å². The standard InChI is InChI=1S/C23H20ClN2O/c1-16-13-22(17(2)26(16)21-9-7-20(24)8-10-21)23(27)15-25-12-11-18-5-3-4-6-19(18)14-25/h3-14H,15H2,1-2H3/q+1. The highest BCUT2D eigenvalue weighted by Crippen LogP contribution is 2.22. The van der Waals surface area contributed by atoms with Gasteiger partial charge in [-0.05, 0) is 55.6 Å². The SMILES string of the molecule is Cc1cc(C(=O)C[n+]2ccc3ccccc3c2)c(C)n1-c1ccc(Cl)cc1. The molecule has 0 aliphatic heterocycles. The number of benzene rings is 2. The summed E-state index contributed by atoms with van der Waals surface area (Å²) in [5.41, 5.74) is 3.73. The molecule has 2 heterocycles. The number of hydrogen-bond donors (Lipinski definition) is 0. The largest absolute Gasteiger partial charge is 0.318 e. The molecule has 0 amide bonds. The molecular formula is C23H20ClN2O+. The third kappa shape index (κ3) is 3.38. The monoisotopic (exact) mass is 375 g/mol. The zero-order valence-electron chi connectivity index (χ0n) is 15.3. The van der Waals surface area contributed by atoms with E-state index in [1.807, 2.05) is 79.3 Å². The van der Waals surface area contributed by atoms with E-state index in [4.69, 9.17) is 11.6 Å². The summed E-state index contributed by atoms with van der Waals surface area (Å²) < 4.78 is 4.04. The second kappa shape index (κ2) is 7.01. The highest BCUT2D eigenvalue weighted by Gasteiger charge is 2.20. The number of aromatic nitrogens is 2. The Morgan fingerprint density at radius 2 is 1.70 bits per heavy atom. The van der Waals surface area contributed by atoms with Crippen LogP contribution in [0, 0.1) is 13.8 Å². The van der Waals surface area contributed by atoms with Gasteiger partial charge in [0.1, 0.15) is 0 Å². The molecule has 0 fully saturated rings. The van der Waals surface area contributed by atoms with Crippen molar-refractivity contribution in [2.24, 2.45) is 0 Å². The molecule has 0 bridgehead atoms. The number of pyridine rings is 1. The number of aryl methyl sites for hydroxylation is 1. The molecule has 0 N–H and O–H groups in total. The van der Waals surface area contributed by atoms with Crippen molar-refractivity contribution in [1.82, 2.24) is 4.57 Å². The normalized spacial score (nSPS) is 11.1. The first kappa shape index (κ1) is 17.5. The van der Waals surface area contributed by atoms with Gasteiger partial charge in [0.15, 0.2) is 12.4 Å². The molecule has 2 aromatic carbocycles. The lowest BCUT2D eigenvalue weighted by atomic mass is 10.1. The van der Waals surface area contributed by atoms with Crippen LogP contribution in [0.25, 0.3) is 16.5 Å². The van der Waals surface area contributed by atoms with Crippen LogP contribution in [0.2, 0.25) is 5.02 Å². The molecule has 0 unspecified atom stereocenters. The maximum atomic E-state index is 13.0. The van der Waals surface area contributed by atoms with E-state index in [1.54, 1.807) is 0 Å². The molecule has 134 valence electrons. The number of ketones is 1. The van der Waals surface area contributed by atoms with Gasteiger partial charge in [0.2, 0.25) is 12.3 Å². The van der Waals surface area contributed by atoms with E-state index in [0.717, 1.165) is 28.0 Å². The van der Waals surface area contributed by atoms with Crippen LogP contribution in [-0.2, 0) is 6.54 Å². The van der Waals surface area contributed by atoms with Gasteiger partial charge in [-0.1, -0.05) is 29.8 Å². The lowest BCUT2D eigenvalue weighted by Gasteiger charge is -2.09. The highest BCUT2D eigenvalue weighted by molar-refractivity contribution is 6.30. The fraction of sp³-hybridized carbons (Fsp3) is 0.130. The van der Waals surface area contributed by atoms with Gasteiger partial charge in [0.25, 0.3) is 0 Å². The fourth-order valence-corrected chi connectivity index (χ4v) is 3.69. The molecular weight excluding hydrogens is 356 g/mol. The summed E-state index contributed by atoms with van der Waals surface area (Å²) in [5.74, 6) is 0.101. The third-order valence-electron chi connectivity index (χ3n) is 4.89. The van der Waals surface area contributed by atoms with Gasteiger partial charge in [0, 0.05) is 39.1 Å². The molecule has 4 heteroatoms. The quantitative estimate of drug-likeness (QED) is 0.361. The van der Waals surface area contributed by atoms with Gasteiger partial charge < -0.3 is 4.57 Å². The summed E-state index contributed by atoms with van der Waals surface area (Å²) in [7, 11) is 0. The van der Waals surface area contributed by atoms with Gasteiger partial charge in [-0.15, -0.1) is 0 Å². The van der Waals surface area contributed by atoms with Gasteiger partial charge >= 0.3 is 0 Å². The Balaban J connectivity index is 1.65. The summed E-state index contributed by atoms with van der Waals surface area (Å²) in [6.07, 6.45) is 3.98. The molecule has 0 aliphatic carbocycles. The van der Waals surface area contributed by atoms with E-state index in [-0.39, 0.29) is 5.78 Å². The van der Waals surface area contributed by atoms with Gasteiger partial charge in [0.05, 0.1) is 0 Å². The minimum absolute atomic E-state index is 0.101. The summed E-state index contributed by atoms with van der Waals surface area (Å²) in [6.45, 7) is 4.32. The van der Waals surface area contributed by atoms with Gasteiger partial charge in [-0.25, -0.2) is 0 Å². The Morgan fingerprint density at radius 1 is 1.00 bits per heavy atom. The number of carbonyl (C=O) groups excluding carboxylic acids is 1. The number of Topliss-reactive ketones (excluding diaryl/α,β-unsaturated/α-hetero) is 1. The van der Waals surface area contributed by atoms with Crippen molar-refractivity contribution in [2.45, 2.75) is 20.4 Å². The van der Waals surface area contributed by atoms with Crippen LogP contribution in [-0.4, -0.2) is 10.4 Å².